The summed E-state index contributed by atoms with van der Waals surface area (Å²) in [6, 6.07) is 19.4. The van der Waals surface area contributed by atoms with E-state index < -0.39 is 12.0 Å². The van der Waals surface area contributed by atoms with E-state index >= 15 is 0 Å². The number of thiazole rings is 1. The van der Waals surface area contributed by atoms with Crippen LogP contribution in [0.4, 0.5) is 0 Å². The molecule has 42 heavy (non-hydrogen) atoms. The van der Waals surface area contributed by atoms with Crippen LogP contribution in [0.3, 0.4) is 0 Å². The summed E-state index contributed by atoms with van der Waals surface area (Å²) in [5.74, 6) is 1.26. The number of rotatable bonds is 9. The molecule has 0 aliphatic carbocycles. The van der Waals surface area contributed by atoms with Crippen molar-refractivity contribution in [1.82, 2.24) is 4.57 Å². The quantitative estimate of drug-likeness (QED) is 0.249. The molecule has 2 heterocycles. The number of carbonyl (C=O) groups excluding carboxylic acids is 1. The normalized spacial score (nSPS) is 14.7. The molecule has 1 atom stereocenters. The summed E-state index contributed by atoms with van der Waals surface area (Å²) in [6.45, 7) is 4.02. The van der Waals surface area contributed by atoms with Gasteiger partial charge in [0.2, 0.25) is 0 Å². The minimum Gasteiger partial charge on any atom is -0.497 e. The van der Waals surface area contributed by atoms with Gasteiger partial charge in [-0.3, -0.25) is 9.36 Å². The summed E-state index contributed by atoms with van der Waals surface area (Å²) in [5.41, 5.74) is 2.99. The van der Waals surface area contributed by atoms with Crippen molar-refractivity contribution < 1.29 is 23.7 Å². The zero-order valence-corrected chi connectivity index (χ0v) is 25.1. The van der Waals surface area contributed by atoms with E-state index in [-0.39, 0.29) is 12.2 Å². The Kier molecular flexibility index (Phi) is 8.80. The number of hydrogen-bond acceptors (Lipinski definition) is 8. The standard InChI is InChI=1S/C32H29ClN2O6S/c1-5-40-31(37)28-19(2)34-32-35(29(28)22-9-13-24(38-3)14-10-22)30(36)27(42-32)17-21-8-15-25(39-4)26(16-21)41-18-20-6-11-23(33)12-7-20/h6-17,29H,5,18H2,1-4H3/t29-/m0/s1. The number of methoxy groups -OCH3 is 2. The van der Waals surface area contributed by atoms with Crippen LogP contribution in [0.5, 0.6) is 17.2 Å². The van der Waals surface area contributed by atoms with Gasteiger partial charge in [0.1, 0.15) is 12.4 Å². The number of allylic oxidation sites excluding steroid dienone is 1. The van der Waals surface area contributed by atoms with Gasteiger partial charge in [0.15, 0.2) is 16.3 Å². The highest BCUT2D eigenvalue weighted by Gasteiger charge is 2.33. The molecule has 0 N–H and O–H groups in total. The molecule has 0 radical (unpaired) electrons. The van der Waals surface area contributed by atoms with Gasteiger partial charge < -0.3 is 18.9 Å². The molecule has 0 spiro atoms. The van der Waals surface area contributed by atoms with E-state index in [2.05, 4.69) is 4.99 Å². The molecule has 10 heteroatoms. The second-order valence-corrected chi connectivity index (χ2v) is 10.8. The fourth-order valence-electron chi connectivity index (χ4n) is 4.68. The molecule has 3 aromatic carbocycles. The number of nitrogens with zero attached hydrogens (tertiary/aromatic N) is 2. The third-order valence-corrected chi connectivity index (χ3v) is 7.98. The minimum absolute atomic E-state index is 0.204. The van der Waals surface area contributed by atoms with Gasteiger partial charge in [0.25, 0.3) is 5.56 Å². The van der Waals surface area contributed by atoms with Crippen molar-refractivity contribution in [3.63, 3.8) is 0 Å². The number of carbonyl (C=O) groups is 1. The summed E-state index contributed by atoms with van der Waals surface area (Å²) in [6.07, 6.45) is 1.78. The Morgan fingerprint density at radius 1 is 1.02 bits per heavy atom. The van der Waals surface area contributed by atoms with Crippen LogP contribution in [0.25, 0.3) is 6.08 Å². The maximum absolute atomic E-state index is 13.9. The van der Waals surface area contributed by atoms with Gasteiger partial charge in [-0.15, -0.1) is 0 Å². The van der Waals surface area contributed by atoms with Crippen molar-refractivity contribution in [1.29, 1.82) is 0 Å². The topological polar surface area (TPSA) is 88.4 Å². The second kappa shape index (κ2) is 12.7. The average Bonchev–Trinajstić information content (AvgIpc) is 3.30. The Hall–Kier alpha value is -4.34. The van der Waals surface area contributed by atoms with Crippen LogP contribution in [-0.2, 0) is 16.1 Å². The molecule has 0 unspecified atom stereocenters. The molecule has 0 fully saturated rings. The van der Waals surface area contributed by atoms with Crippen LogP contribution in [-0.4, -0.2) is 31.4 Å². The molecule has 0 amide bonds. The predicted molar refractivity (Wildman–Crippen MR) is 162 cm³/mol. The van der Waals surface area contributed by atoms with E-state index in [0.29, 0.717) is 49.5 Å². The minimum atomic E-state index is -0.706. The van der Waals surface area contributed by atoms with Gasteiger partial charge in [-0.25, -0.2) is 9.79 Å². The first-order valence-corrected chi connectivity index (χ1v) is 14.4. The molecule has 0 saturated carbocycles. The molecule has 8 nitrogen and oxygen atoms in total. The third-order valence-electron chi connectivity index (χ3n) is 6.74. The van der Waals surface area contributed by atoms with Crippen molar-refractivity contribution in [3.8, 4) is 17.2 Å². The van der Waals surface area contributed by atoms with Gasteiger partial charge in [-0.1, -0.05) is 53.3 Å². The zero-order valence-electron chi connectivity index (χ0n) is 23.5. The van der Waals surface area contributed by atoms with E-state index in [1.54, 1.807) is 56.9 Å². The summed E-state index contributed by atoms with van der Waals surface area (Å²) in [7, 11) is 3.16. The number of aromatic nitrogens is 1. The molecule has 1 aliphatic rings. The van der Waals surface area contributed by atoms with E-state index in [1.165, 1.54) is 11.3 Å². The molecule has 216 valence electrons. The SMILES string of the molecule is CCOC(=O)C1=C(C)N=c2sc(=Cc3ccc(OC)c(OCc4ccc(Cl)cc4)c3)c(=O)n2[C@H]1c1ccc(OC)cc1. The van der Waals surface area contributed by atoms with Crippen molar-refractivity contribution in [3.05, 3.63) is 119 Å². The maximum atomic E-state index is 13.9. The van der Waals surface area contributed by atoms with Crippen LogP contribution >= 0.6 is 22.9 Å². The Labute approximate surface area is 251 Å². The fourth-order valence-corrected chi connectivity index (χ4v) is 5.85. The monoisotopic (exact) mass is 604 g/mol. The largest absolute Gasteiger partial charge is 0.497 e. The third kappa shape index (κ3) is 5.98. The first-order chi connectivity index (χ1) is 20.3. The summed E-state index contributed by atoms with van der Waals surface area (Å²) >= 11 is 7.25. The van der Waals surface area contributed by atoms with E-state index in [4.69, 9.17) is 30.5 Å². The van der Waals surface area contributed by atoms with Crippen LogP contribution in [0, 0.1) is 0 Å². The van der Waals surface area contributed by atoms with Gasteiger partial charge in [0, 0.05) is 5.02 Å². The Balaban J connectivity index is 1.57. The molecule has 4 aromatic rings. The lowest BCUT2D eigenvalue weighted by atomic mass is 9.96. The number of halogens is 1. The summed E-state index contributed by atoms with van der Waals surface area (Å²) in [5, 5.41) is 0.651. The van der Waals surface area contributed by atoms with Crippen molar-refractivity contribution >= 4 is 35.0 Å². The number of hydrogen-bond donors (Lipinski definition) is 0. The lowest BCUT2D eigenvalue weighted by molar-refractivity contribution is -0.139. The highest BCUT2D eigenvalue weighted by Crippen LogP contribution is 2.32. The number of fused-ring (bicyclic) bond motifs is 1. The Bertz CT molecular complexity index is 1820. The lowest BCUT2D eigenvalue weighted by Crippen LogP contribution is -2.39. The number of ether oxygens (including phenoxy) is 4. The van der Waals surface area contributed by atoms with Crippen LogP contribution in [0.2, 0.25) is 5.02 Å². The highest BCUT2D eigenvalue weighted by molar-refractivity contribution is 7.07. The lowest BCUT2D eigenvalue weighted by Gasteiger charge is -2.24. The van der Waals surface area contributed by atoms with Crippen LogP contribution in [0.1, 0.15) is 36.6 Å². The molecule has 1 aliphatic heterocycles. The van der Waals surface area contributed by atoms with Crippen molar-refractivity contribution in [2.75, 3.05) is 20.8 Å². The zero-order chi connectivity index (χ0) is 29.8. The molecular weight excluding hydrogens is 576 g/mol. The van der Waals surface area contributed by atoms with E-state index in [9.17, 15) is 9.59 Å². The molecule has 1 aromatic heterocycles. The van der Waals surface area contributed by atoms with Gasteiger partial charge in [0.05, 0.1) is 42.7 Å². The first kappa shape index (κ1) is 29.2. The molecule has 0 saturated heterocycles. The van der Waals surface area contributed by atoms with Gasteiger partial charge >= 0.3 is 5.97 Å². The maximum Gasteiger partial charge on any atom is 0.338 e. The Morgan fingerprint density at radius 3 is 2.43 bits per heavy atom. The first-order valence-electron chi connectivity index (χ1n) is 13.2. The van der Waals surface area contributed by atoms with E-state index in [1.807, 2.05) is 48.5 Å². The fraction of sp³-hybridized carbons (Fsp3) is 0.219. The van der Waals surface area contributed by atoms with Crippen LogP contribution in [0.15, 0.2) is 87.8 Å². The highest BCUT2D eigenvalue weighted by atomic mass is 35.5. The van der Waals surface area contributed by atoms with Crippen molar-refractivity contribution in [2.24, 2.45) is 4.99 Å². The second-order valence-electron chi connectivity index (χ2n) is 9.40. The summed E-state index contributed by atoms with van der Waals surface area (Å²) < 4.78 is 24.2. The average molecular weight is 605 g/mol. The number of benzene rings is 3. The Morgan fingerprint density at radius 2 is 1.76 bits per heavy atom. The van der Waals surface area contributed by atoms with E-state index in [0.717, 1.165) is 16.7 Å². The van der Waals surface area contributed by atoms with Gasteiger partial charge in [-0.05, 0) is 73.0 Å². The molecule has 0 bridgehead atoms. The smallest absolute Gasteiger partial charge is 0.338 e. The number of esters is 1. The van der Waals surface area contributed by atoms with Gasteiger partial charge in [-0.2, -0.15) is 0 Å². The molecule has 5 rings (SSSR count). The predicted octanol–water partition coefficient (Wildman–Crippen LogP) is 5.05. The van der Waals surface area contributed by atoms with Crippen molar-refractivity contribution in [2.45, 2.75) is 26.5 Å². The van der Waals surface area contributed by atoms with Crippen LogP contribution < -0.4 is 29.1 Å². The molecular formula is C32H29ClN2O6S. The summed E-state index contributed by atoms with van der Waals surface area (Å²) in [4.78, 5) is 32.1.